The molecule has 16 nitrogen and oxygen atoms in total. The van der Waals surface area contributed by atoms with Gasteiger partial charge in [-0.25, -0.2) is 21.8 Å². The number of ether oxygens (including phenoxy) is 2. The molecule has 5 aromatic rings. The summed E-state index contributed by atoms with van der Waals surface area (Å²) in [5.74, 6) is -1.44. The van der Waals surface area contributed by atoms with Crippen molar-refractivity contribution >= 4 is 59.3 Å². The minimum absolute atomic E-state index is 0.000682. The summed E-state index contributed by atoms with van der Waals surface area (Å²) in [4.78, 5) is 37.1. The van der Waals surface area contributed by atoms with Crippen molar-refractivity contribution in [2.45, 2.75) is 75.3 Å². The predicted molar refractivity (Wildman–Crippen MR) is 263 cm³/mol. The number of benzene rings is 3. The highest BCUT2D eigenvalue weighted by molar-refractivity contribution is 7.92. The number of aromatic nitrogens is 2. The summed E-state index contributed by atoms with van der Waals surface area (Å²) in [6, 6.07) is 15.8. The maximum Gasteiger partial charge on any atom is 0.416 e. The van der Waals surface area contributed by atoms with Crippen LogP contribution < -0.4 is 15.0 Å². The lowest BCUT2D eigenvalue weighted by atomic mass is 9.72. The maximum atomic E-state index is 14.1. The number of ketones is 1. The van der Waals surface area contributed by atoms with E-state index in [9.17, 15) is 44.9 Å². The van der Waals surface area contributed by atoms with Gasteiger partial charge in [-0.2, -0.15) is 17.5 Å². The number of sulfonamides is 1. The molecule has 2 aliphatic carbocycles. The van der Waals surface area contributed by atoms with Crippen molar-refractivity contribution in [3.8, 4) is 11.5 Å². The number of sulfone groups is 1. The molecular weight excluding hydrogens is 964 g/mol. The molecule has 2 aliphatic heterocycles. The number of aryl methyl sites for hydroxylation is 1. The summed E-state index contributed by atoms with van der Waals surface area (Å²) in [6.45, 7) is 9.83. The highest BCUT2D eigenvalue weighted by Gasteiger charge is 2.42. The van der Waals surface area contributed by atoms with Gasteiger partial charge in [-0.1, -0.05) is 25.5 Å². The van der Waals surface area contributed by atoms with Gasteiger partial charge < -0.3 is 24.7 Å². The Balaban J connectivity index is 0.910. The number of allylic oxidation sites excluding steroid dienone is 1. The van der Waals surface area contributed by atoms with Crippen molar-refractivity contribution in [2.75, 3.05) is 74.9 Å². The second-order valence-electron chi connectivity index (χ2n) is 19.7. The van der Waals surface area contributed by atoms with Crippen molar-refractivity contribution in [3.63, 3.8) is 0 Å². The van der Waals surface area contributed by atoms with Crippen LogP contribution in [0.3, 0.4) is 0 Å². The van der Waals surface area contributed by atoms with E-state index in [1.54, 1.807) is 37.4 Å². The first kappa shape index (κ1) is 50.1. The number of carbonyl (C=O) groups is 1. The third-order valence-electron chi connectivity index (χ3n) is 13.9. The van der Waals surface area contributed by atoms with Crippen LogP contribution in [0.25, 0.3) is 16.6 Å². The third-order valence-corrected chi connectivity index (χ3v) is 17.8. The molecule has 3 aromatic carbocycles. The number of pyridine rings is 1. The zero-order valence-corrected chi connectivity index (χ0v) is 41.3. The monoisotopic (exact) mass is 1020 g/mol. The Labute approximate surface area is 410 Å². The molecule has 378 valence electrons. The molecule has 0 amide bonds. The number of nitro groups is 1. The van der Waals surface area contributed by atoms with E-state index in [0.717, 1.165) is 47.5 Å². The number of nitro benzene ring substituents is 1. The lowest BCUT2D eigenvalue weighted by molar-refractivity contribution is -0.384. The first-order valence-electron chi connectivity index (χ1n) is 23.6. The largest absolute Gasteiger partial charge is 0.455 e. The standard InChI is InChI=1S/C50H56F3N7O9S2/c1-32-22-35(50(51,52)53)4-9-41(32)43-26-49(2,3)14-12-34(43)29-57-16-18-58(19-17-57)36-5-10-42(47(24-36)69-37-23-33-13-15-54-48(33)56-27-37)46(61)31-70(64,65)40-8-11-44(45(25-40)60(62)63)55-28-38-30-59(20-21-68-38)71(66,67)39-6-7-39/h4-5,8-11,13,15,22-25,27,38-39,55H,6-7,12,14,16-21,26,28-31H2,1-3H3,(H,54,56). The summed E-state index contributed by atoms with van der Waals surface area (Å²) in [5.41, 5.74) is 3.89. The van der Waals surface area contributed by atoms with Crippen LogP contribution in [-0.4, -0.2) is 123 Å². The lowest BCUT2D eigenvalue weighted by Gasteiger charge is -2.39. The number of Topliss-reactive ketones (excluding diaryl/α,β-unsaturated/α-hetero) is 1. The molecule has 1 unspecified atom stereocenters. The zero-order chi connectivity index (χ0) is 50.5. The highest BCUT2D eigenvalue weighted by Crippen LogP contribution is 2.45. The second-order valence-corrected chi connectivity index (χ2v) is 23.9. The van der Waals surface area contributed by atoms with Crippen LogP contribution in [0.5, 0.6) is 11.5 Å². The number of hydrogen-bond donors (Lipinski definition) is 2. The number of piperazine rings is 1. The van der Waals surface area contributed by atoms with Gasteiger partial charge >= 0.3 is 6.18 Å². The van der Waals surface area contributed by atoms with Gasteiger partial charge in [0.2, 0.25) is 10.0 Å². The van der Waals surface area contributed by atoms with E-state index < -0.39 is 64.7 Å². The number of nitrogens with one attached hydrogen (secondary N) is 2. The van der Waals surface area contributed by atoms with E-state index in [0.29, 0.717) is 62.5 Å². The predicted octanol–water partition coefficient (Wildman–Crippen LogP) is 8.64. The lowest BCUT2D eigenvalue weighted by Crippen LogP contribution is -2.48. The molecule has 4 aliphatic rings. The number of aromatic amines is 1. The Bertz CT molecular complexity index is 3130. The fourth-order valence-corrected chi connectivity index (χ4v) is 12.8. The average Bonchev–Trinajstić information content (AvgIpc) is 4.10. The van der Waals surface area contributed by atoms with E-state index in [-0.39, 0.29) is 53.9 Å². The Morgan fingerprint density at radius 1 is 1.00 bits per heavy atom. The fraction of sp³-hybridized carbons (Fsp3) is 0.440. The molecule has 2 N–H and O–H groups in total. The fourth-order valence-electron chi connectivity index (χ4n) is 9.72. The number of anilines is 2. The van der Waals surface area contributed by atoms with Crippen LogP contribution in [0.15, 0.2) is 89.6 Å². The van der Waals surface area contributed by atoms with Crippen LogP contribution in [0.4, 0.5) is 30.2 Å². The second kappa shape index (κ2) is 19.6. The summed E-state index contributed by atoms with van der Waals surface area (Å²) >= 11 is 0. The number of nitrogens with zero attached hydrogens (tertiary/aromatic N) is 5. The number of morpholine rings is 1. The molecular formula is C50H56F3N7O9S2. The SMILES string of the molecule is Cc1cc(C(F)(F)F)ccc1C1=C(CN2CCN(c3ccc(C(=O)CS(=O)(=O)c4ccc(NCC5CN(S(=O)(=O)C6CC6)CCO5)c([N+](=O)[O-])c4)c(Oc4cnc5[nH]ccc5c4)c3)CC2)CCC(C)(C)C1. The molecule has 3 fully saturated rings. The molecule has 9 rings (SSSR count). The van der Waals surface area contributed by atoms with E-state index in [2.05, 4.69) is 38.9 Å². The van der Waals surface area contributed by atoms with Crippen LogP contribution in [0.1, 0.15) is 73.0 Å². The summed E-state index contributed by atoms with van der Waals surface area (Å²) < 4.78 is 108. The van der Waals surface area contributed by atoms with Gasteiger partial charge in [-0.05, 0) is 110 Å². The molecule has 1 atom stereocenters. The van der Waals surface area contributed by atoms with Gasteiger partial charge in [0.05, 0.1) is 45.1 Å². The van der Waals surface area contributed by atoms with Crippen molar-refractivity contribution in [3.05, 3.63) is 117 Å². The van der Waals surface area contributed by atoms with Crippen molar-refractivity contribution < 1.29 is 49.2 Å². The topological polar surface area (TPSA) is 197 Å². The zero-order valence-electron chi connectivity index (χ0n) is 39.6. The summed E-state index contributed by atoms with van der Waals surface area (Å²) in [5, 5.41) is 15.6. The van der Waals surface area contributed by atoms with Gasteiger partial charge in [0.15, 0.2) is 15.6 Å². The average molecular weight is 1020 g/mol. The minimum atomic E-state index is -4.46. The molecule has 0 radical (unpaired) electrons. The number of halogens is 3. The van der Waals surface area contributed by atoms with E-state index in [1.807, 2.05) is 6.07 Å². The van der Waals surface area contributed by atoms with Crippen LogP contribution in [0.2, 0.25) is 0 Å². The third kappa shape index (κ3) is 11.3. The van der Waals surface area contributed by atoms with Crippen LogP contribution in [0, 0.1) is 22.5 Å². The summed E-state index contributed by atoms with van der Waals surface area (Å²) in [7, 11) is -7.90. The van der Waals surface area contributed by atoms with E-state index >= 15 is 0 Å². The number of H-pyrrole nitrogens is 1. The van der Waals surface area contributed by atoms with Gasteiger partial charge in [0.25, 0.3) is 5.69 Å². The van der Waals surface area contributed by atoms with Gasteiger partial charge in [-0.15, -0.1) is 0 Å². The van der Waals surface area contributed by atoms with Crippen molar-refractivity contribution in [1.29, 1.82) is 0 Å². The molecule has 4 heterocycles. The quantitative estimate of drug-likeness (QED) is 0.0542. The number of rotatable bonds is 16. The first-order chi connectivity index (χ1) is 33.6. The van der Waals surface area contributed by atoms with Crippen LogP contribution >= 0.6 is 0 Å². The van der Waals surface area contributed by atoms with Gasteiger partial charge in [0.1, 0.15) is 28.6 Å². The van der Waals surface area contributed by atoms with E-state index in [4.69, 9.17) is 9.47 Å². The van der Waals surface area contributed by atoms with Crippen LogP contribution in [-0.2, 0) is 30.8 Å². The van der Waals surface area contributed by atoms with Gasteiger partial charge in [-0.3, -0.25) is 19.8 Å². The van der Waals surface area contributed by atoms with Gasteiger partial charge in [0, 0.05) is 81.8 Å². The maximum absolute atomic E-state index is 14.1. The van der Waals surface area contributed by atoms with E-state index in [1.165, 1.54) is 46.4 Å². The summed E-state index contributed by atoms with van der Waals surface area (Å²) in [6.07, 6.45) is 1.96. The number of carbonyl (C=O) groups excluding carboxylic acids is 1. The Morgan fingerprint density at radius 2 is 1.77 bits per heavy atom. The molecule has 0 spiro atoms. The number of fused-ring (bicyclic) bond motifs is 1. The normalized spacial score (nSPS) is 19.5. The van der Waals surface area contributed by atoms with Crippen molar-refractivity contribution in [2.24, 2.45) is 5.41 Å². The molecule has 2 saturated heterocycles. The Morgan fingerprint density at radius 3 is 2.49 bits per heavy atom. The highest BCUT2D eigenvalue weighted by atomic mass is 32.2. The molecule has 2 aromatic heterocycles. The Kier molecular flexibility index (Phi) is 13.8. The first-order valence-corrected chi connectivity index (χ1v) is 26.8. The molecule has 0 bridgehead atoms. The number of hydrogen-bond acceptors (Lipinski definition) is 13. The minimum Gasteiger partial charge on any atom is -0.455 e. The Hall–Kier alpha value is -5.87. The smallest absolute Gasteiger partial charge is 0.416 e. The number of alkyl halides is 3. The van der Waals surface area contributed by atoms with Crippen molar-refractivity contribution in [1.82, 2.24) is 19.2 Å². The molecule has 21 heteroatoms. The molecule has 71 heavy (non-hydrogen) atoms. The molecule has 1 saturated carbocycles.